The van der Waals surface area contributed by atoms with E-state index < -0.39 is 13.3 Å². The zero-order chi connectivity index (χ0) is 34.7. The molecule has 0 atom stereocenters. The summed E-state index contributed by atoms with van der Waals surface area (Å²) in [4.78, 5) is 16.6. The van der Waals surface area contributed by atoms with Crippen molar-refractivity contribution in [1.82, 2.24) is 4.98 Å². The molecule has 0 bridgehead atoms. The topological polar surface area (TPSA) is 50.2 Å². The van der Waals surface area contributed by atoms with Crippen LogP contribution in [-0.2, 0) is 30.3 Å². The third kappa shape index (κ3) is 8.70. The van der Waals surface area contributed by atoms with Crippen LogP contribution in [0.5, 0.6) is 0 Å². The SMILES string of the molecule is CCC(CC)C(=O)/C=C(\O)C(CC)CC.Cc1ccc2c(sc3c(-c4[c-]c5ccccc5c(C(C)(C)C)c4)nccc32)[c]1[Ge]([CH3])([CH3])[CH3].[Ir]. The van der Waals surface area contributed by atoms with Crippen LogP contribution in [0.4, 0.5) is 0 Å². The first kappa shape index (κ1) is 40.1. The van der Waals surface area contributed by atoms with Gasteiger partial charge in [0.15, 0.2) is 5.78 Å². The van der Waals surface area contributed by atoms with E-state index in [0.29, 0.717) is 0 Å². The van der Waals surface area contributed by atoms with Crippen LogP contribution in [0.25, 0.3) is 42.2 Å². The Bertz CT molecular complexity index is 1900. The molecule has 5 aromatic rings. The molecule has 3 nitrogen and oxygen atoms in total. The molecule has 48 heavy (non-hydrogen) atoms. The van der Waals surface area contributed by atoms with Crippen LogP contribution in [0.3, 0.4) is 0 Å². The molecule has 1 radical (unpaired) electrons. The van der Waals surface area contributed by atoms with Gasteiger partial charge >= 0.3 is 198 Å². The summed E-state index contributed by atoms with van der Waals surface area (Å²) in [6, 6.07) is 21.5. The van der Waals surface area contributed by atoms with Gasteiger partial charge in [-0.1, -0.05) is 27.7 Å². The van der Waals surface area contributed by atoms with Crippen molar-refractivity contribution in [3.63, 3.8) is 0 Å². The van der Waals surface area contributed by atoms with Crippen molar-refractivity contribution in [2.45, 2.75) is 104 Å². The molecule has 0 saturated carbocycles. The quantitative estimate of drug-likeness (QED) is 0.0694. The van der Waals surface area contributed by atoms with E-state index in [1.807, 2.05) is 45.2 Å². The van der Waals surface area contributed by atoms with Gasteiger partial charge in [-0.05, 0) is 25.7 Å². The number of fused-ring (bicyclic) bond motifs is 4. The molecule has 0 amide bonds. The van der Waals surface area contributed by atoms with Gasteiger partial charge in [-0.3, -0.25) is 4.79 Å². The van der Waals surface area contributed by atoms with E-state index in [1.165, 1.54) is 42.8 Å². The molecule has 0 spiro atoms. The third-order valence-electron chi connectivity index (χ3n) is 9.44. The first-order valence-electron chi connectivity index (χ1n) is 17.4. The minimum Gasteiger partial charge on any atom is 0 e. The van der Waals surface area contributed by atoms with Crippen LogP contribution in [0.2, 0.25) is 17.3 Å². The van der Waals surface area contributed by atoms with Gasteiger partial charge in [-0.25, -0.2) is 0 Å². The maximum absolute atomic E-state index is 11.7. The standard InChI is InChI=1S/C29H30GeNS.C13H24O2.Ir/c1-18-12-13-22-23-14-15-31-26(28(23)32-27(22)25(18)30(5,6)7)20-16-19-10-8-9-11-21(19)24(17-20)29(2,3)4;1-5-10(6-2)12(14)9-13(15)11(7-3)8-4;/h8-15,17H,1-7H3;9-11,14H,5-8H2,1-4H3;/q-1;;/b;12-9-;. The molecule has 0 fully saturated rings. The largest absolute Gasteiger partial charge is 0 e. The second-order valence-electron chi connectivity index (χ2n) is 14.9. The summed E-state index contributed by atoms with van der Waals surface area (Å²) in [5.74, 6) is 8.04. The summed E-state index contributed by atoms with van der Waals surface area (Å²) in [6.45, 7) is 17.2. The minimum absolute atomic E-state index is 0. The Labute approximate surface area is 309 Å². The van der Waals surface area contributed by atoms with Crippen molar-refractivity contribution < 1.29 is 30.0 Å². The van der Waals surface area contributed by atoms with Crippen LogP contribution >= 0.6 is 11.3 Å². The van der Waals surface area contributed by atoms with Gasteiger partial charge in [0.25, 0.3) is 0 Å². The van der Waals surface area contributed by atoms with Gasteiger partial charge in [0.05, 0.1) is 5.76 Å². The molecule has 6 heteroatoms. The minimum atomic E-state index is -2.04. The number of carbonyl (C=O) groups excluding carboxylic acids is 1. The average molecular weight is 902 g/mol. The summed E-state index contributed by atoms with van der Waals surface area (Å²) in [5, 5.41) is 14.9. The molecule has 0 unspecified atom stereocenters. The number of aryl methyl sites for hydroxylation is 1. The molecule has 0 saturated heterocycles. The number of ketones is 1. The van der Waals surface area contributed by atoms with Crippen molar-refractivity contribution in [3.05, 3.63) is 83.8 Å². The van der Waals surface area contributed by atoms with Crippen LogP contribution in [-0.4, -0.2) is 29.1 Å². The maximum atomic E-state index is 11.7. The third-order valence-corrected chi connectivity index (χ3v) is 15.6. The molecule has 259 valence electrons. The molecular formula is C42H54GeIrNO2S-. The summed E-state index contributed by atoms with van der Waals surface area (Å²) < 4.78 is 4.39. The van der Waals surface area contributed by atoms with Crippen LogP contribution in [0.15, 0.2) is 66.6 Å². The molecule has 1 N–H and O–H groups in total. The van der Waals surface area contributed by atoms with Gasteiger partial charge in [-0.15, -0.1) is 0 Å². The van der Waals surface area contributed by atoms with E-state index in [1.54, 1.807) is 4.40 Å². The Morgan fingerprint density at radius 2 is 1.50 bits per heavy atom. The van der Waals surface area contributed by atoms with Crippen LogP contribution < -0.4 is 4.40 Å². The summed E-state index contributed by atoms with van der Waals surface area (Å²) in [7, 11) is 0. The molecule has 0 aliphatic heterocycles. The zero-order valence-electron chi connectivity index (χ0n) is 30.8. The van der Waals surface area contributed by atoms with Gasteiger partial charge in [0, 0.05) is 38.0 Å². The number of carbonyl (C=O) groups is 1. The summed E-state index contributed by atoms with van der Waals surface area (Å²) in [6.07, 6.45) is 6.88. The fraction of sp³-hybridized carbons (Fsp3) is 0.429. The Balaban J connectivity index is 0.000000334. The molecule has 0 aliphatic carbocycles. The Morgan fingerprint density at radius 3 is 2.08 bits per heavy atom. The monoisotopic (exact) mass is 903 g/mol. The van der Waals surface area contributed by atoms with E-state index >= 15 is 0 Å². The second kappa shape index (κ2) is 16.6. The number of thiophene rings is 1. The average Bonchev–Trinajstić information content (AvgIpc) is 3.39. The van der Waals surface area contributed by atoms with Gasteiger partial charge in [0.2, 0.25) is 0 Å². The number of nitrogens with zero attached hydrogens (tertiary/aromatic N) is 1. The predicted molar refractivity (Wildman–Crippen MR) is 209 cm³/mol. The molecule has 3 aromatic carbocycles. The van der Waals surface area contributed by atoms with Crippen LogP contribution in [0.1, 0.15) is 85.3 Å². The first-order valence-corrected chi connectivity index (χ1v) is 25.5. The maximum Gasteiger partial charge on any atom is 0 e. The van der Waals surface area contributed by atoms with Crippen molar-refractivity contribution in [2.75, 3.05) is 0 Å². The number of rotatable bonds is 9. The van der Waals surface area contributed by atoms with Crippen molar-refractivity contribution in [1.29, 1.82) is 0 Å². The Morgan fingerprint density at radius 1 is 0.896 bits per heavy atom. The van der Waals surface area contributed by atoms with Crippen molar-refractivity contribution >= 4 is 65.7 Å². The summed E-state index contributed by atoms with van der Waals surface area (Å²) >= 11 is -0.109. The van der Waals surface area contributed by atoms with Crippen LogP contribution in [0, 0.1) is 24.8 Å². The van der Waals surface area contributed by atoms with E-state index in [9.17, 15) is 9.90 Å². The van der Waals surface area contributed by atoms with E-state index in [0.717, 1.165) is 42.3 Å². The molecule has 2 aromatic heterocycles. The van der Waals surface area contributed by atoms with E-state index in [2.05, 4.69) is 99.6 Å². The van der Waals surface area contributed by atoms with Gasteiger partial charge in [0.1, 0.15) is 0 Å². The van der Waals surface area contributed by atoms with Crippen molar-refractivity contribution in [3.8, 4) is 11.3 Å². The fourth-order valence-corrected chi connectivity index (χ4v) is 14.3. The van der Waals surface area contributed by atoms with E-state index in [-0.39, 0.29) is 48.9 Å². The van der Waals surface area contributed by atoms with Gasteiger partial charge < -0.3 is 5.11 Å². The molecule has 0 aliphatic rings. The smallest absolute Gasteiger partial charge is 0 e. The molecular weight excluding hydrogens is 847 g/mol. The second-order valence-corrected chi connectivity index (χ2v) is 26.4. The number of hydrogen-bond acceptors (Lipinski definition) is 4. The number of benzene rings is 3. The number of aliphatic hydroxyl groups is 1. The number of allylic oxidation sites excluding steroid dienone is 2. The molecule has 5 rings (SSSR count). The summed E-state index contributed by atoms with van der Waals surface area (Å²) in [5.41, 5.74) is 4.99. The van der Waals surface area contributed by atoms with Crippen molar-refractivity contribution in [2.24, 2.45) is 11.8 Å². The fourth-order valence-electron chi connectivity index (χ4n) is 6.75. The number of hydrogen-bond donors (Lipinski definition) is 1. The normalized spacial score (nSPS) is 12.5. The Kier molecular flexibility index (Phi) is 13.9. The Hall–Kier alpha value is -2.31. The van der Waals surface area contributed by atoms with Gasteiger partial charge in [-0.2, -0.15) is 0 Å². The first-order chi connectivity index (χ1) is 22.2. The zero-order valence-corrected chi connectivity index (χ0v) is 36.1. The number of pyridine rings is 1. The predicted octanol–water partition coefficient (Wildman–Crippen LogP) is 12.1. The van der Waals surface area contributed by atoms with E-state index in [4.69, 9.17) is 4.98 Å². The number of aromatic nitrogens is 1. The molecule has 2 heterocycles. The number of aliphatic hydroxyl groups excluding tert-OH is 1.